The van der Waals surface area contributed by atoms with E-state index in [1.807, 2.05) is 49.4 Å². The van der Waals surface area contributed by atoms with E-state index < -0.39 is 0 Å². The molecule has 1 amide bonds. The second-order valence-corrected chi connectivity index (χ2v) is 7.03. The molecule has 2 N–H and O–H groups in total. The number of hydrogen-bond donors (Lipinski definition) is 2. The second kappa shape index (κ2) is 8.49. The van der Waals surface area contributed by atoms with E-state index in [1.54, 1.807) is 12.4 Å². The van der Waals surface area contributed by atoms with Crippen molar-refractivity contribution in [3.63, 3.8) is 0 Å². The molecule has 138 valence electrons. The van der Waals surface area contributed by atoms with Crippen LogP contribution in [0.4, 0.5) is 11.4 Å². The first-order valence-corrected chi connectivity index (χ1v) is 9.17. The molecule has 0 saturated carbocycles. The van der Waals surface area contributed by atoms with Crippen molar-refractivity contribution in [3.8, 4) is 0 Å². The van der Waals surface area contributed by atoms with Crippen LogP contribution in [0.25, 0.3) is 0 Å². The van der Waals surface area contributed by atoms with Gasteiger partial charge in [-0.05, 0) is 42.2 Å². The van der Waals surface area contributed by atoms with Crippen molar-refractivity contribution >= 4 is 17.3 Å². The average molecular weight is 359 g/mol. The molecule has 3 aromatic rings. The lowest BCUT2D eigenvalue weighted by atomic mass is 10.0. The first-order valence-electron chi connectivity index (χ1n) is 9.17. The second-order valence-electron chi connectivity index (χ2n) is 7.03. The van der Waals surface area contributed by atoms with Crippen LogP contribution in [0.1, 0.15) is 46.8 Å². The lowest BCUT2D eigenvalue weighted by molar-refractivity contribution is 0.0950. The maximum Gasteiger partial charge on any atom is 0.253 e. The van der Waals surface area contributed by atoms with Crippen LogP contribution in [0.2, 0.25) is 0 Å². The molecule has 0 aliphatic heterocycles. The molecule has 1 heterocycles. The number of anilines is 2. The van der Waals surface area contributed by atoms with Crippen LogP contribution >= 0.6 is 0 Å². The number of rotatable bonds is 6. The molecular formula is C23H25N3O. The van der Waals surface area contributed by atoms with Gasteiger partial charge in [-0.1, -0.05) is 55.8 Å². The fourth-order valence-electron chi connectivity index (χ4n) is 2.74. The molecule has 2 aromatic carbocycles. The topological polar surface area (TPSA) is 54.0 Å². The number of aromatic nitrogens is 1. The van der Waals surface area contributed by atoms with E-state index in [0.717, 1.165) is 16.9 Å². The highest BCUT2D eigenvalue weighted by atomic mass is 16.1. The molecule has 0 fully saturated rings. The minimum absolute atomic E-state index is 0.137. The fraction of sp³-hybridized carbons (Fsp3) is 0.217. The van der Waals surface area contributed by atoms with Crippen molar-refractivity contribution in [2.45, 2.75) is 33.2 Å². The summed E-state index contributed by atoms with van der Waals surface area (Å²) >= 11 is 0. The molecule has 3 rings (SSSR count). The van der Waals surface area contributed by atoms with Gasteiger partial charge < -0.3 is 10.6 Å². The summed E-state index contributed by atoms with van der Waals surface area (Å²) < 4.78 is 0. The van der Waals surface area contributed by atoms with Gasteiger partial charge in [0.05, 0.1) is 17.4 Å². The fourth-order valence-corrected chi connectivity index (χ4v) is 2.74. The monoisotopic (exact) mass is 359 g/mol. The van der Waals surface area contributed by atoms with E-state index in [0.29, 0.717) is 18.0 Å². The molecule has 0 aliphatic rings. The smallest absolute Gasteiger partial charge is 0.253 e. The maximum atomic E-state index is 12.4. The van der Waals surface area contributed by atoms with Gasteiger partial charge in [0.15, 0.2) is 0 Å². The predicted molar refractivity (Wildman–Crippen MR) is 110 cm³/mol. The molecule has 0 saturated heterocycles. The normalized spacial score (nSPS) is 10.7. The first-order chi connectivity index (χ1) is 13.0. The minimum Gasteiger partial charge on any atom is -0.354 e. The molecule has 0 spiro atoms. The van der Waals surface area contributed by atoms with E-state index in [2.05, 4.69) is 41.6 Å². The van der Waals surface area contributed by atoms with Crippen molar-refractivity contribution < 1.29 is 4.79 Å². The number of aryl methyl sites for hydroxylation is 1. The Bertz CT molecular complexity index is 900. The van der Waals surface area contributed by atoms with Gasteiger partial charge in [-0.15, -0.1) is 0 Å². The molecule has 1 aromatic heterocycles. The van der Waals surface area contributed by atoms with Crippen molar-refractivity contribution in [3.05, 3.63) is 89.2 Å². The van der Waals surface area contributed by atoms with Crippen LogP contribution in [0.5, 0.6) is 0 Å². The predicted octanol–water partition coefficient (Wildman–Crippen LogP) is 5.19. The van der Waals surface area contributed by atoms with E-state index in [4.69, 9.17) is 0 Å². The summed E-state index contributed by atoms with van der Waals surface area (Å²) in [5.74, 6) is 0.364. The summed E-state index contributed by atoms with van der Waals surface area (Å²) in [4.78, 5) is 16.6. The summed E-state index contributed by atoms with van der Waals surface area (Å²) in [6, 6.07) is 18.2. The molecule has 0 atom stereocenters. The van der Waals surface area contributed by atoms with Gasteiger partial charge in [0.25, 0.3) is 5.91 Å². The maximum absolute atomic E-state index is 12.4. The van der Waals surface area contributed by atoms with Crippen LogP contribution in [0, 0.1) is 6.92 Å². The summed E-state index contributed by atoms with van der Waals surface area (Å²) in [6.07, 6.45) is 3.30. The standard InChI is InChI=1S/C23H25N3O/c1-16(2)19-8-10-21(11-9-19)26-22-12-20(14-24-15-22)23(27)25-13-18-6-4-17(3)5-7-18/h4-12,14-16,26H,13H2,1-3H3,(H,25,27). The molecule has 4 heteroatoms. The van der Waals surface area contributed by atoms with E-state index >= 15 is 0 Å². The van der Waals surface area contributed by atoms with E-state index in [9.17, 15) is 4.79 Å². The number of pyridine rings is 1. The van der Waals surface area contributed by atoms with Crippen LogP contribution in [-0.2, 0) is 6.54 Å². The van der Waals surface area contributed by atoms with Crippen LogP contribution in [0.15, 0.2) is 67.0 Å². The molecule has 4 nitrogen and oxygen atoms in total. The van der Waals surface area contributed by atoms with Gasteiger partial charge in [-0.2, -0.15) is 0 Å². The molecule has 0 aliphatic carbocycles. The highest BCUT2D eigenvalue weighted by molar-refractivity contribution is 5.94. The quantitative estimate of drug-likeness (QED) is 0.637. The zero-order valence-electron chi connectivity index (χ0n) is 16.0. The number of amides is 1. The highest BCUT2D eigenvalue weighted by Gasteiger charge is 2.07. The van der Waals surface area contributed by atoms with Gasteiger partial charge in [0.1, 0.15) is 0 Å². The molecule has 27 heavy (non-hydrogen) atoms. The third-order valence-corrected chi connectivity index (χ3v) is 4.44. The van der Waals surface area contributed by atoms with Gasteiger partial charge >= 0.3 is 0 Å². The van der Waals surface area contributed by atoms with Crippen molar-refractivity contribution in [1.29, 1.82) is 0 Å². The third-order valence-electron chi connectivity index (χ3n) is 4.44. The first kappa shape index (κ1) is 18.6. The Hall–Kier alpha value is -3.14. The average Bonchev–Trinajstić information content (AvgIpc) is 2.68. The Morgan fingerprint density at radius 1 is 0.963 bits per heavy atom. The Labute approximate surface area is 160 Å². The van der Waals surface area contributed by atoms with Crippen LogP contribution in [-0.4, -0.2) is 10.9 Å². The summed E-state index contributed by atoms with van der Waals surface area (Å²) in [7, 11) is 0. The molecule has 0 bridgehead atoms. The number of carbonyl (C=O) groups is 1. The minimum atomic E-state index is -0.137. The number of benzene rings is 2. The lowest BCUT2D eigenvalue weighted by Gasteiger charge is -2.10. The lowest BCUT2D eigenvalue weighted by Crippen LogP contribution is -2.23. The summed E-state index contributed by atoms with van der Waals surface area (Å²) in [5.41, 5.74) is 5.86. The molecular weight excluding hydrogens is 334 g/mol. The van der Waals surface area contributed by atoms with Crippen LogP contribution < -0.4 is 10.6 Å². The largest absolute Gasteiger partial charge is 0.354 e. The zero-order chi connectivity index (χ0) is 19.2. The summed E-state index contributed by atoms with van der Waals surface area (Å²) in [6.45, 7) is 6.88. The third kappa shape index (κ3) is 5.17. The molecule has 0 radical (unpaired) electrons. The Balaban J connectivity index is 1.63. The summed E-state index contributed by atoms with van der Waals surface area (Å²) in [5, 5.41) is 6.24. The van der Waals surface area contributed by atoms with E-state index in [-0.39, 0.29) is 5.91 Å². The zero-order valence-corrected chi connectivity index (χ0v) is 16.0. The van der Waals surface area contributed by atoms with Crippen LogP contribution in [0.3, 0.4) is 0 Å². The van der Waals surface area contributed by atoms with Gasteiger partial charge in [0, 0.05) is 18.4 Å². The number of carbonyl (C=O) groups excluding carboxylic acids is 1. The van der Waals surface area contributed by atoms with Crippen molar-refractivity contribution in [1.82, 2.24) is 10.3 Å². The number of nitrogens with zero attached hydrogens (tertiary/aromatic N) is 1. The van der Waals surface area contributed by atoms with Gasteiger partial charge in [-0.3, -0.25) is 9.78 Å². The van der Waals surface area contributed by atoms with E-state index in [1.165, 1.54) is 11.1 Å². The number of nitrogens with one attached hydrogen (secondary N) is 2. The number of hydrogen-bond acceptors (Lipinski definition) is 3. The van der Waals surface area contributed by atoms with Crippen molar-refractivity contribution in [2.75, 3.05) is 5.32 Å². The Morgan fingerprint density at radius 2 is 1.67 bits per heavy atom. The van der Waals surface area contributed by atoms with Gasteiger partial charge in [-0.25, -0.2) is 0 Å². The van der Waals surface area contributed by atoms with Gasteiger partial charge in [0.2, 0.25) is 0 Å². The molecule has 0 unspecified atom stereocenters. The Morgan fingerprint density at radius 3 is 2.33 bits per heavy atom. The van der Waals surface area contributed by atoms with Crippen molar-refractivity contribution in [2.24, 2.45) is 0 Å². The SMILES string of the molecule is Cc1ccc(CNC(=O)c2cncc(Nc3ccc(C(C)C)cc3)c2)cc1. The highest BCUT2D eigenvalue weighted by Crippen LogP contribution is 2.20. The Kier molecular flexibility index (Phi) is 5.87.